The van der Waals surface area contributed by atoms with Gasteiger partial charge in [-0.3, -0.25) is 9.97 Å². The predicted molar refractivity (Wildman–Crippen MR) is 154 cm³/mol. The Morgan fingerprint density at radius 2 is 0.765 bits per heavy atom. The molecular formula is C26H18B2N2S4. The van der Waals surface area contributed by atoms with E-state index in [0.717, 1.165) is 22.6 Å². The van der Waals surface area contributed by atoms with Crippen molar-refractivity contribution in [2.75, 3.05) is 0 Å². The fraction of sp³-hybridized carbons (Fsp3) is 0. The summed E-state index contributed by atoms with van der Waals surface area (Å²) in [4.78, 5) is 10.3. The van der Waals surface area contributed by atoms with Crippen LogP contribution >= 0.6 is 45.3 Å². The smallest absolute Gasteiger partial charge is 0.260 e. The highest BCUT2D eigenvalue weighted by Crippen LogP contribution is 2.13. The third-order valence-corrected chi connectivity index (χ3v) is 9.45. The minimum absolute atomic E-state index is 0.146. The zero-order valence-corrected chi connectivity index (χ0v) is 21.3. The second kappa shape index (κ2) is 9.84. The van der Waals surface area contributed by atoms with Gasteiger partial charge in [0.05, 0.1) is 11.4 Å². The van der Waals surface area contributed by atoms with Crippen molar-refractivity contribution in [3.63, 3.8) is 0 Å². The predicted octanol–water partition coefficient (Wildman–Crippen LogP) is 3.42. The number of rotatable bonds is 7. The first-order chi connectivity index (χ1) is 16.9. The molecular weight excluding hydrogens is 490 g/mol. The molecule has 0 saturated heterocycles. The van der Waals surface area contributed by atoms with Crippen LogP contribution in [0.1, 0.15) is 0 Å². The molecule has 0 bridgehead atoms. The number of aromatic nitrogens is 2. The summed E-state index contributed by atoms with van der Waals surface area (Å²) in [5.74, 6) is 0. The maximum absolute atomic E-state index is 5.14. The topological polar surface area (TPSA) is 25.8 Å². The maximum atomic E-state index is 5.14. The molecule has 0 atom stereocenters. The maximum Gasteiger partial charge on any atom is 0.289 e. The van der Waals surface area contributed by atoms with E-state index in [1.807, 2.05) is 0 Å². The summed E-state index contributed by atoms with van der Waals surface area (Å²) in [5, 5.41) is 8.56. The first kappa shape index (κ1) is 21.7. The Morgan fingerprint density at radius 3 is 1.06 bits per heavy atom. The molecule has 162 valence electrons. The molecule has 0 unspecified atom stereocenters. The van der Waals surface area contributed by atoms with Crippen LogP contribution in [0.4, 0.5) is 0 Å². The van der Waals surface area contributed by atoms with E-state index in [-0.39, 0.29) is 13.4 Å². The van der Waals surface area contributed by atoms with Gasteiger partial charge in [0, 0.05) is 11.2 Å². The normalized spacial score (nSPS) is 10.9. The van der Waals surface area contributed by atoms with Crippen molar-refractivity contribution in [3.8, 4) is 11.4 Å². The lowest BCUT2D eigenvalue weighted by molar-refractivity contribution is 1.29. The monoisotopic (exact) mass is 508 g/mol. The summed E-state index contributed by atoms with van der Waals surface area (Å²) in [6.45, 7) is 0.293. The molecule has 0 aliphatic rings. The van der Waals surface area contributed by atoms with Crippen molar-refractivity contribution in [1.82, 2.24) is 9.97 Å². The molecule has 34 heavy (non-hydrogen) atoms. The molecule has 2 nitrogen and oxygen atoms in total. The number of hydrogen-bond donors (Lipinski definition) is 0. The van der Waals surface area contributed by atoms with Crippen molar-refractivity contribution in [3.05, 3.63) is 106 Å². The third-order valence-electron chi connectivity index (χ3n) is 5.71. The molecule has 8 heteroatoms. The van der Waals surface area contributed by atoms with Crippen molar-refractivity contribution in [1.29, 1.82) is 0 Å². The summed E-state index contributed by atoms with van der Waals surface area (Å²) in [6.07, 6.45) is 0. The van der Waals surface area contributed by atoms with Crippen LogP contribution < -0.4 is 30.3 Å². The lowest BCUT2D eigenvalue weighted by Crippen LogP contribution is -2.51. The van der Waals surface area contributed by atoms with Crippen LogP contribution in [0.3, 0.4) is 0 Å². The third kappa shape index (κ3) is 4.34. The van der Waals surface area contributed by atoms with E-state index < -0.39 is 0 Å². The minimum atomic E-state index is 0.146. The molecule has 0 spiro atoms. The first-order valence-corrected chi connectivity index (χ1v) is 14.5. The number of hydrogen-bond acceptors (Lipinski definition) is 6. The lowest BCUT2D eigenvalue weighted by Gasteiger charge is -2.13. The average Bonchev–Trinajstić information content (AvgIpc) is 3.70. The zero-order valence-electron chi connectivity index (χ0n) is 18.1. The van der Waals surface area contributed by atoms with Crippen LogP contribution in [0.2, 0.25) is 0 Å². The van der Waals surface area contributed by atoms with Crippen molar-refractivity contribution >= 4 is 89.1 Å². The Hall–Kier alpha value is -2.77. The van der Waals surface area contributed by atoms with Crippen LogP contribution in [0, 0.1) is 0 Å². The van der Waals surface area contributed by atoms with Crippen LogP contribution in [0.15, 0.2) is 106 Å². The number of nitrogens with zero attached hydrogens (tertiary/aromatic N) is 2. The van der Waals surface area contributed by atoms with Crippen LogP contribution in [0.25, 0.3) is 11.4 Å². The van der Waals surface area contributed by atoms with Gasteiger partial charge in [-0.2, -0.15) is 45.3 Å². The Balaban J connectivity index is 1.41. The van der Waals surface area contributed by atoms with E-state index in [2.05, 4.69) is 106 Å². The van der Waals surface area contributed by atoms with Gasteiger partial charge in [-0.05, 0) is 64.9 Å². The van der Waals surface area contributed by atoms with Gasteiger partial charge in [0.15, 0.2) is 0 Å². The van der Waals surface area contributed by atoms with E-state index >= 15 is 0 Å². The van der Waals surface area contributed by atoms with E-state index in [9.17, 15) is 0 Å². The molecule has 0 aliphatic heterocycles. The second-order valence-corrected chi connectivity index (χ2v) is 11.7. The average molecular weight is 508 g/mol. The number of pyridine rings is 2. The summed E-state index contributed by atoms with van der Waals surface area (Å²) >= 11 is 7.13. The first-order valence-electron chi connectivity index (χ1n) is 10.9. The second-order valence-electron chi connectivity index (χ2n) is 7.82. The van der Waals surface area contributed by atoms with Gasteiger partial charge in [-0.1, -0.05) is 60.7 Å². The van der Waals surface area contributed by atoms with Crippen molar-refractivity contribution in [2.45, 2.75) is 0 Å². The Kier molecular flexibility index (Phi) is 6.29. The molecule has 6 rings (SSSR count). The summed E-state index contributed by atoms with van der Waals surface area (Å²) in [6, 6.07) is 29.9. The zero-order chi connectivity index (χ0) is 22.7. The number of thiophene rings is 4. The van der Waals surface area contributed by atoms with Crippen LogP contribution in [-0.4, -0.2) is 23.4 Å². The molecule has 6 aromatic rings. The largest absolute Gasteiger partial charge is 0.289 e. The molecule has 0 N–H and O–H groups in total. The molecule has 0 radical (unpaired) electrons. The fourth-order valence-electron chi connectivity index (χ4n) is 4.20. The lowest BCUT2D eigenvalue weighted by atomic mass is 9.45. The Bertz CT molecular complexity index is 1280. The van der Waals surface area contributed by atoms with Gasteiger partial charge in [0.25, 0.3) is 13.4 Å². The Morgan fingerprint density at radius 1 is 0.412 bits per heavy atom. The van der Waals surface area contributed by atoms with Crippen molar-refractivity contribution in [2.24, 2.45) is 0 Å². The summed E-state index contributed by atoms with van der Waals surface area (Å²) < 4.78 is 5.24. The highest BCUT2D eigenvalue weighted by molar-refractivity contribution is 7.34. The molecule has 0 amide bonds. The van der Waals surface area contributed by atoms with Gasteiger partial charge in [-0.15, -0.1) is 0 Å². The van der Waals surface area contributed by atoms with Gasteiger partial charge in [-0.25, -0.2) is 0 Å². The molecule has 6 heterocycles. The Labute approximate surface area is 215 Å². The fourth-order valence-corrected chi connectivity index (χ4v) is 7.77. The highest BCUT2D eigenvalue weighted by Gasteiger charge is 2.27. The minimum Gasteiger partial charge on any atom is -0.260 e. The van der Waals surface area contributed by atoms with E-state index in [1.54, 1.807) is 45.3 Å². The van der Waals surface area contributed by atoms with E-state index in [4.69, 9.17) is 9.97 Å². The standard InChI is InChI=1S/C26H18B2N2S4/c1-7-19(29-21(9-1)27(23-11-3-15-31-23)24-12-4-16-32-24)20-8-2-10-22(30-20)28(25-13-5-17-33-25)26-14-6-18-34-26/h1-18H. The molecule has 6 aromatic heterocycles. The summed E-state index contributed by atoms with van der Waals surface area (Å²) in [5.41, 5.74) is 3.94. The van der Waals surface area contributed by atoms with Crippen molar-refractivity contribution < 1.29 is 0 Å². The SMILES string of the molecule is c1cc(B(c2cccs2)c2cccs2)nc(-c2cccc(B(c3cccs3)c3cccs3)n2)c1. The van der Waals surface area contributed by atoms with Gasteiger partial charge in [0.2, 0.25) is 0 Å². The van der Waals surface area contributed by atoms with Crippen LogP contribution in [0.5, 0.6) is 0 Å². The van der Waals surface area contributed by atoms with Gasteiger partial charge in [0.1, 0.15) is 0 Å². The molecule has 0 fully saturated rings. The highest BCUT2D eigenvalue weighted by atomic mass is 32.1. The van der Waals surface area contributed by atoms with E-state index in [0.29, 0.717) is 0 Å². The van der Waals surface area contributed by atoms with Crippen LogP contribution in [-0.2, 0) is 0 Å². The van der Waals surface area contributed by atoms with Gasteiger partial charge >= 0.3 is 0 Å². The molecule has 0 aromatic carbocycles. The summed E-state index contributed by atoms with van der Waals surface area (Å²) in [7, 11) is 0. The van der Waals surface area contributed by atoms with E-state index in [1.165, 1.54) is 19.1 Å². The van der Waals surface area contributed by atoms with Gasteiger partial charge < -0.3 is 0 Å². The molecule has 0 aliphatic carbocycles. The molecule has 0 saturated carbocycles. The quantitative estimate of drug-likeness (QED) is 0.309.